The van der Waals surface area contributed by atoms with E-state index >= 15 is 0 Å². The minimum atomic E-state index is -0.202. The molecule has 3 rings (SSSR count). The third kappa shape index (κ3) is 4.42. The fourth-order valence-corrected chi connectivity index (χ4v) is 3.89. The van der Waals surface area contributed by atoms with Crippen LogP contribution in [0.25, 0.3) is 0 Å². The number of hydrogen-bond donors (Lipinski definition) is 0. The standard InChI is InChI=1S/C20H18ClN3OS/c1-2-12-24-19(25)18(13-15-8-4-3-5-9-15)26-20(24)23-22-14-16-10-6-7-11-17(16)21/h2-11,14,18H,1,12-13H2/b22-14-,23-20+/t18-/m0/s1. The van der Waals surface area contributed by atoms with Crippen LogP contribution in [0.4, 0.5) is 0 Å². The average Bonchev–Trinajstić information content (AvgIpc) is 2.94. The van der Waals surface area contributed by atoms with E-state index in [4.69, 9.17) is 11.6 Å². The lowest BCUT2D eigenvalue weighted by Gasteiger charge is -2.12. The molecule has 1 amide bonds. The molecule has 1 atom stereocenters. The Kier molecular flexibility index (Phi) is 6.26. The van der Waals surface area contributed by atoms with Gasteiger partial charge in [-0.2, -0.15) is 5.10 Å². The van der Waals surface area contributed by atoms with Gasteiger partial charge in [0.2, 0.25) is 5.91 Å². The highest BCUT2D eigenvalue weighted by Crippen LogP contribution is 2.30. The number of rotatable bonds is 6. The topological polar surface area (TPSA) is 45.0 Å². The number of halogens is 1. The molecule has 1 fully saturated rings. The van der Waals surface area contributed by atoms with Gasteiger partial charge in [-0.3, -0.25) is 9.69 Å². The van der Waals surface area contributed by atoms with Crippen LogP contribution >= 0.6 is 23.4 Å². The Morgan fingerprint density at radius 3 is 2.62 bits per heavy atom. The van der Waals surface area contributed by atoms with Gasteiger partial charge < -0.3 is 0 Å². The summed E-state index contributed by atoms with van der Waals surface area (Å²) in [5.74, 6) is 0.0328. The normalized spacial score (nSPS) is 18.8. The zero-order valence-corrected chi connectivity index (χ0v) is 15.7. The molecule has 0 saturated carbocycles. The van der Waals surface area contributed by atoms with Gasteiger partial charge in [-0.1, -0.05) is 78.0 Å². The molecule has 2 aromatic carbocycles. The summed E-state index contributed by atoms with van der Waals surface area (Å²) in [5.41, 5.74) is 1.90. The molecular weight excluding hydrogens is 366 g/mol. The largest absolute Gasteiger partial charge is 0.285 e. The number of benzene rings is 2. The summed E-state index contributed by atoms with van der Waals surface area (Å²) in [6, 6.07) is 17.4. The summed E-state index contributed by atoms with van der Waals surface area (Å²) >= 11 is 7.54. The van der Waals surface area contributed by atoms with Gasteiger partial charge in [0.1, 0.15) is 0 Å². The lowest BCUT2D eigenvalue weighted by Crippen LogP contribution is -2.32. The van der Waals surface area contributed by atoms with Crippen LogP contribution in [-0.2, 0) is 11.2 Å². The third-order valence-electron chi connectivity index (χ3n) is 3.84. The van der Waals surface area contributed by atoms with Crippen molar-refractivity contribution < 1.29 is 4.79 Å². The monoisotopic (exact) mass is 383 g/mol. The van der Waals surface area contributed by atoms with Crippen LogP contribution in [-0.4, -0.2) is 34.0 Å². The summed E-state index contributed by atoms with van der Waals surface area (Å²) in [5, 5.41) is 9.36. The fraction of sp³-hybridized carbons (Fsp3) is 0.150. The van der Waals surface area contributed by atoms with Crippen LogP contribution < -0.4 is 0 Å². The van der Waals surface area contributed by atoms with E-state index in [-0.39, 0.29) is 11.2 Å². The highest BCUT2D eigenvalue weighted by molar-refractivity contribution is 8.15. The summed E-state index contributed by atoms with van der Waals surface area (Å²) in [6.45, 7) is 4.14. The van der Waals surface area contributed by atoms with Crippen LogP contribution in [0, 0.1) is 0 Å². The Hall–Kier alpha value is -2.37. The molecule has 132 valence electrons. The first kappa shape index (κ1) is 18.4. The fourth-order valence-electron chi connectivity index (χ4n) is 2.56. The SMILES string of the molecule is C=CCN1C(=O)[C@H](Cc2ccccc2)S/C1=N/N=C\c1ccccc1Cl. The second-order valence-corrected chi connectivity index (χ2v) is 7.26. The molecule has 1 heterocycles. The van der Waals surface area contributed by atoms with Crippen LogP contribution in [0.1, 0.15) is 11.1 Å². The molecule has 0 N–H and O–H groups in total. The zero-order chi connectivity index (χ0) is 18.4. The molecule has 0 unspecified atom stereocenters. The van der Waals surface area contributed by atoms with Crippen molar-refractivity contribution >= 4 is 40.7 Å². The Labute approximate surface area is 162 Å². The molecule has 26 heavy (non-hydrogen) atoms. The van der Waals surface area contributed by atoms with Crippen molar-refractivity contribution in [3.05, 3.63) is 83.4 Å². The predicted molar refractivity (Wildman–Crippen MR) is 110 cm³/mol. The van der Waals surface area contributed by atoms with E-state index in [0.717, 1.165) is 11.1 Å². The van der Waals surface area contributed by atoms with Gasteiger partial charge in [0.05, 0.1) is 11.5 Å². The molecule has 0 aromatic heterocycles. The molecule has 4 nitrogen and oxygen atoms in total. The molecule has 0 bridgehead atoms. The first-order chi connectivity index (χ1) is 12.7. The average molecular weight is 384 g/mol. The Morgan fingerprint density at radius 2 is 1.88 bits per heavy atom. The smallest absolute Gasteiger partial charge is 0.242 e. The molecule has 1 aliphatic rings. The molecule has 2 aromatic rings. The molecule has 0 aliphatic carbocycles. The van der Waals surface area contributed by atoms with Crippen molar-refractivity contribution in [3.8, 4) is 0 Å². The summed E-state index contributed by atoms with van der Waals surface area (Å²) in [7, 11) is 0. The molecule has 0 radical (unpaired) electrons. The van der Waals surface area contributed by atoms with E-state index < -0.39 is 0 Å². The maximum Gasteiger partial charge on any atom is 0.242 e. The van der Waals surface area contributed by atoms with E-state index in [2.05, 4.69) is 16.8 Å². The molecule has 1 aliphatic heterocycles. The second kappa shape index (κ2) is 8.83. The van der Waals surface area contributed by atoms with Gasteiger partial charge in [-0.15, -0.1) is 11.7 Å². The number of hydrogen-bond acceptors (Lipinski definition) is 4. The van der Waals surface area contributed by atoms with Crippen molar-refractivity contribution in [2.45, 2.75) is 11.7 Å². The van der Waals surface area contributed by atoms with Crippen LogP contribution in [0.2, 0.25) is 5.02 Å². The first-order valence-electron chi connectivity index (χ1n) is 8.17. The molecule has 1 saturated heterocycles. The van der Waals surface area contributed by atoms with Crippen LogP contribution in [0.15, 0.2) is 77.5 Å². The van der Waals surface area contributed by atoms with Gasteiger partial charge in [0.15, 0.2) is 5.17 Å². The maximum atomic E-state index is 12.7. The van der Waals surface area contributed by atoms with E-state index in [1.807, 2.05) is 48.5 Å². The summed E-state index contributed by atoms with van der Waals surface area (Å²) in [6.07, 6.45) is 3.94. The molecular formula is C20H18ClN3OS. The third-order valence-corrected chi connectivity index (χ3v) is 5.35. The van der Waals surface area contributed by atoms with Gasteiger partial charge in [-0.25, -0.2) is 0 Å². The number of amidine groups is 1. The Bertz CT molecular complexity index is 851. The lowest BCUT2D eigenvalue weighted by atomic mass is 10.1. The van der Waals surface area contributed by atoms with Crippen LogP contribution in [0.3, 0.4) is 0 Å². The molecule has 0 spiro atoms. The highest BCUT2D eigenvalue weighted by Gasteiger charge is 2.37. The van der Waals surface area contributed by atoms with Crippen molar-refractivity contribution in [2.75, 3.05) is 6.54 Å². The van der Waals surface area contributed by atoms with Crippen molar-refractivity contribution in [1.82, 2.24) is 4.90 Å². The Morgan fingerprint density at radius 1 is 1.15 bits per heavy atom. The van der Waals surface area contributed by atoms with Crippen LogP contribution in [0.5, 0.6) is 0 Å². The quantitative estimate of drug-likeness (QED) is 0.421. The van der Waals surface area contributed by atoms with Gasteiger partial charge in [0.25, 0.3) is 0 Å². The maximum absolute atomic E-state index is 12.7. The van der Waals surface area contributed by atoms with Gasteiger partial charge >= 0.3 is 0 Å². The molecule has 6 heteroatoms. The van der Waals surface area contributed by atoms with E-state index in [0.29, 0.717) is 23.2 Å². The minimum Gasteiger partial charge on any atom is -0.285 e. The zero-order valence-electron chi connectivity index (χ0n) is 14.1. The van der Waals surface area contributed by atoms with Crippen molar-refractivity contribution in [2.24, 2.45) is 10.2 Å². The first-order valence-corrected chi connectivity index (χ1v) is 9.43. The van der Waals surface area contributed by atoms with Crippen molar-refractivity contribution in [3.63, 3.8) is 0 Å². The lowest BCUT2D eigenvalue weighted by molar-refractivity contribution is -0.125. The van der Waals surface area contributed by atoms with E-state index in [1.54, 1.807) is 23.3 Å². The number of thioether (sulfide) groups is 1. The minimum absolute atomic E-state index is 0.0328. The number of nitrogens with zero attached hydrogens (tertiary/aromatic N) is 3. The predicted octanol–water partition coefficient (Wildman–Crippen LogP) is 4.40. The number of amides is 1. The highest BCUT2D eigenvalue weighted by atomic mass is 35.5. The Balaban J connectivity index is 1.77. The summed E-state index contributed by atoms with van der Waals surface area (Å²) < 4.78 is 0. The second-order valence-electron chi connectivity index (χ2n) is 5.68. The number of carbonyl (C=O) groups is 1. The van der Waals surface area contributed by atoms with E-state index in [9.17, 15) is 4.79 Å². The van der Waals surface area contributed by atoms with Crippen molar-refractivity contribution in [1.29, 1.82) is 0 Å². The van der Waals surface area contributed by atoms with Gasteiger partial charge in [0, 0.05) is 17.1 Å². The van der Waals surface area contributed by atoms with Gasteiger partial charge in [-0.05, 0) is 18.1 Å². The number of carbonyl (C=O) groups excluding carboxylic acids is 1. The summed E-state index contributed by atoms with van der Waals surface area (Å²) in [4.78, 5) is 14.3. The van der Waals surface area contributed by atoms with E-state index in [1.165, 1.54) is 11.8 Å².